The summed E-state index contributed by atoms with van der Waals surface area (Å²) in [6, 6.07) is 16.1. The van der Waals surface area contributed by atoms with Gasteiger partial charge in [0.05, 0.1) is 13.2 Å². The molecule has 1 unspecified atom stereocenters. The second-order valence-corrected chi connectivity index (χ2v) is 5.09. The molecule has 21 heavy (non-hydrogen) atoms. The fraction of sp³-hybridized carbons (Fsp3) is 0.333. The molecule has 0 amide bonds. The van der Waals surface area contributed by atoms with E-state index in [-0.39, 0.29) is 0 Å². The minimum atomic E-state index is -0.508. The van der Waals surface area contributed by atoms with Gasteiger partial charge in [-0.15, -0.1) is 0 Å². The summed E-state index contributed by atoms with van der Waals surface area (Å²) in [5.74, 6) is 0.801. The lowest BCUT2D eigenvalue weighted by molar-refractivity contribution is 0.174. The molecule has 0 heterocycles. The lowest BCUT2D eigenvalue weighted by Crippen LogP contribution is -2.21. The molecule has 2 aromatic rings. The van der Waals surface area contributed by atoms with Crippen LogP contribution in [-0.4, -0.2) is 18.8 Å². The van der Waals surface area contributed by atoms with Crippen LogP contribution in [0.25, 0.3) is 0 Å². The maximum Gasteiger partial charge on any atom is 0.118 e. The van der Waals surface area contributed by atoms with E-state index in [1.54, 1.807) is 7.11 Å². The molecule has 0 fully saturated rings. The molecule has 2 aromatic carbocycles. The van der Waals surface area contributed by atoms with Crippen LogP contribution in [0.2, 0.25) is 0 Å². The molecule has 3 nitrogen and oxygen atoms in total. The summed E-state index contributed by atoms with van der Waals surface area (Å²) in [5, 5.41) is 13.4. The summed E-state index contributed by atoms with van der Waals surface area (Å²) in [7, 11) is 1.64. The Morgan fingerprint density at radius 2 is 1.62 bits per heavy atom. The Hall–Kier alpha value is -1.84. The first-order valence-corrected chi connectivity index (χ1v) is 7.33. The topological polar surface area (TPSA) is 41.5 Å². The minimum Gasteiger partial charge on any atom is -0.497 e. The number of nitrogens with one attached hydrogen (secondary N) is 1. The van der Waals surface area contributed by atoms with Gasteiger partial charge in [0, 0.05) is 13.1 Å². The first-order valence-electron chi connectivity index (χ1n) is 7.33. The van der Waals surface area contributed by atoms with Crippen LogP contribution in [0.3, 0.4) is 0 Å². The second-order valence-electron chi connectivity index (χ2n) is 5.09. The number of rotatable bonds is 7. The van der Waals surface area contributed by atoms with Gasteiger partial charge in [0.15, 0.2) is 0 Å². The van der Waals surface area contributed by atoms with Crippen molar-refractivity contribution in [3.63, 3.8) is 0 Å². The molecule has 3 heteroatoms. The van der Waals surface area contributed by atoms with Crippen molar-refractivity contribution in [3.8, 4) is 5.75 Å². The van der Waals surface area contributed by atoms with Gasteiger partial charge in [0.1, 0.15) is 5.75 Å². The Kier molecular flexibility index (Phi) is 5.78. The zero-order chi connectivity index (χ0) is 15.1. The fourth-order valence-electron chi connectivity index (χ4n) is 2.19. The van der Waals surface area contributed by atoms with E-state index in [2.05, 4.69) is 36.5 Å². The average Bonchev–Trinajstić information content (AvgIpc) is 2.55. The number of benzene rings is 2. The predicted octanol–water partition coefficient (Wildman–Crippen LogP) is 3.08. The van der Waals surface area contributed by atoms with Gasteiger partial charge in [-0.05, 0) is 35.2 Å². The van der Waals surface area contributed by atoms with Gasteiger partial charge < -0.3 is 15.2 Å². The first-order chi connectivity index (χ1) is 10.2. The third-order valence-corrected chi connectivity index (χ3v) is 3.60. The van der Waals surface area contributed by atoms with Crippen LogP contribution in [0.15, 0.2) is 48.5 Å². The lowest BCUT2D eigenvalue weighted by atomic mass is 10.1. The minimum absolute atomic E-state index is 0.508. The van der Waals surface area contributed by atoms with E-state index in [0.29, 0.717) is 6.54 Å². The fourth-order valence-corrected chi connectivity index (χ4v) is 2.19. The van der Waals surface area contributed by atoms with Gasteiger partial charge in [-0.25, -0.2) is 0 Å². The van der Waals surface area contributed by atoms with Crippen LogP contribution in [0.5, 0.6) is 5.75 Å². The van der Waals surface area contributed by atoms with Gasteiger partial charge in [0.2, 0.25) is 0 Å². The van der Waals surface area contributed by atoms with E-state index >= 15 is 0 Å². The van der Waals surface area contributed by atoms with E-state index in [4.69, 9.17) is 4.74 Å². The highest BCUT2D eigenvalue weighted by Crippen LogP contribution is 2.17. The number of hydrogen-bond acceptors (Lipinski definition) is 3. The van der Waals surface area contributed by atoms with E-state index in [1.165, 1.54) is 11.1 Å². The summed E-state index contributed by atoms with van der Waals surface area (Å²) < 4.78 is 5.11. The van der Waals surface area contributed by atoms with Crippen molar-refractivity contribution in [2.24, 2.45) is 0 Å². The predicted molar refractivity (Wildman–Crippen MR) is 85.5 cm³/mol. The van der Waals surface area contributed by atoms with Crippen LogP contribution >= 0.6 is 0 Å². The van der Waals surface area contributed by atoms with Crippen LogP contribution < -0.4 is 10.1 Å². The van der Waals surface area contributed by atoms with Gasteiger partial charge in [-0.1, -0.05) is 43.3 Å². The smallest absolute Gasteiger partial charge is 0.118 e. The first kappa shape index (κ1) is 15.5. The van der Waals surface area contributed by atoms with Gasteiger partial charge >= 0.3 is 0 Å². The van der Waals surface area contributed by atoms with Crippen molar-refractivity contribution in [2.45, 2.75) is 26.0 Å². The van der Waals surface area contributed by atoms with E-state index in [0.717, 1.165) is 24.3 Å². The number of aliphatic hydroxyl groups excluding tert-OH is 1. The summed E-state index contributed by atoms with van der Waals surface area (Å²) in [6.45, 7) is 3.44. The number of hydrogen-bond donors (Lipinski definition) is 2. The Balaban J connectivity index is 1.81. The zero-order valence-electron chi connectivity index (χ0n) is 12.7. The van der Waals surface area contributed by atoms with E-state index < -0.39 is 6.10 Å². The SMILES string of the molecule is CCc1ccc(CNCC(O)c2ccc(OC)cc2)cc1. The lowest BCUT2D eigenvalue weighted by Gasteiger charge is -2.13. The molecule has 0 spiro atoms. The Bertz CT molecular complexity index is 534. The molecule has 0 bridgehead atoms. The van der Waals surface area contributed by atoms with Crippen LogP contribution in [0.4, 0.5) is 0 Å². The normalized spacial score (nSPS) is 12.1. The van der Waals surface area contributed by atoms with Crippen molar-refractivity contribution in [2.75, 3.05) is 13.7 Å². The monoisotopic (exact) mass is 285 g/mol. The van der Waals surface area contributed by atoms with Crippen molar-refractivity contribution in [1.29, 1.82) is 0 Å². The molecule has 0 aliphatic carbocycles. The standard InChI is InChI=1S/C18H23NO2/c1-3-14-4-6-15(7-5-14)12-19-13-18(20)16-8-10-17(21-2)11-9-16/h4-11,18-20H,3,12-13H2,1-2H3. The van der Waals surface area contributed by atoms with Crippen molar-refractivity contribution in [1.82, 2.24) is 5.32 Å². The Labute approximate surface area is 126 Å². The summed E-state index contributed by atoms with van der Waals surface area (Å²) in [4.78, 5) is 0. The molecule has 2 N–H and O–H groups in total. The highest BCUT2D eigenvalue weighted by atomic mass is 16.5. The maximum absolute atomic E-state index is 10.1. The summed E-state index contributed by atoms with van der Waals surface area (Å²) in [5.41, 5.74) is 3.47. The molecule has 112 valence electrons. The second kappa shape index (κ2) is 7.81. The van der Waals surface area contributed by atoms with Crippen LogP contribution in [0, 0.1) is 0 Å². The van der Waals surface area contributed by atoms with Crippen molar-refractivity contribution >= 4 is 0 Å². The van der Waals surface area contributed by atoms with Crippen molar-refractivity contribution < 1.29 is 9.84 Å². The molecule has 0 aliphatic heterocycles. The molecule has 0 aromatic heterocycles. The Morgan fingerprint density at radius 3 is 2.19 bits per heavy atom. The van der Waals surface area contributed by atoms with Gasteiger partial charge in [0.25, 0.3) is 0 Å². The molecule has 2 rings (SSSR count). The molecule has 1 atom stereocenters. The number of ether oxygens (including phenoxy) is 1. The Morgan fingerprint density at radius 1 is 1.00 bits per heavy atom. The molecule has 0 radical (unpaired) electrons. The highest BCUT2D eigenvalue weighted by molar-refractivity contribution is 5.28. The average molecular weight is 285 g/mol. The number of methoxy groups -OCH3 is 1. The van der Waals surface area contributed by atoms with Crippen LogP contribution in [0.1, 0.15) is 29.7 Å². The van der Waals surface area contributed by atoms with Gasteiger partial charge in [-0.2, -0.15) is 0 Å². The summed E-state index contributed by atoms with van der Waals surface area (Å²) in [6.07, 6.45) is 0.551. The quantitative estimate of drug-likeness (QED) is 0.821. The third-order valence-electron chi connectivity index (χ3n) is 3.60. The van der Waals surface area contributed by atoms with E-state index in [9.17, 15) is 5.11 Å². The maximum atomic E-state index is 10.1. The van der Waals surface area contributed by atoms with Gasteiger partial charge in [-0.3, -0.25) is 0 Å². The number of aliphatic hydroxyl groups is 1. The molecule has 0 aliphatic rings. The van der Waals surface area contributed by atoms with Crippen molar-refractivity contribution in [3.05, 3.63) is 65.2 Å². The number of aryl methyl sites for hydroxylation is 1. The molecule has 0 saturated carbocycles. The zero-order valence-corrected chi connectivity index (χ0v) is 12.7. The molecule has 0 saturated heterocycles. The third kappa shape index (κ3) is 4.59. The van der Waals surface area contributed by atoms with Crippen LogP contribution in [-0.2, 0) is 13.0 Å². The molecular weight excluding hydrogens is 262 g/mol. The largest absolute Gasteiger partial charge is 0.497 e. The summed E-state index contributed by atoms with van der Waals surface area (Å²) >= 11 is 0. The van der Waals surface area contributed by atoms with E-state index in [1.807, 2.05) is 24.3 Å². The molecular formula is C18H23NO2. The highest BCUT2D eigenvalue weighted by Gasteiger charge is 2.07.